The third-order valence-corrected chi connectivity index (χ3v) is 4.94. The number of rotatable bonds is 7. The minimum Gasteiger partial charge on any atom is -0.486 e. The smallest absolute Gasteiger partial charge is 0.275 e. The Morgan fingerprint density at radius 2 is 1.78 bits per heavy atom. The van der Waals surface area contributed by atoms with Crippen LogP contribution in [-0.4, -0.2) is 32.6 Å². The fraction of sp³-hybridized carbons (Fsp3) is 0.312. The molecule has 0 saturated carbocycles. The normalized spacial score (nSPS) is 11.7. The molecule has 1 aromatic heterocycles. The lowest BCUT2D eigenvalue weighted by Crippen LogP contribution is -2.21. The Morgan fingerprint density at radius 3 is 2.35 bits per heavy atom. The number of furan rings is 1. The highest BCUT2D eigenvalue weighted by molar-refractivity contribution is 7.88. The number of nitrogens with zero attached hydrogens (tertiary/aromatic N) is 1. The summed E-state index contributed by atoms with van der Waals surface area (Å²) in [6.07, 6.45) is 0.454. The van der Waals surface area contributed by atoms with Crippen LogP contribution in [0.25, 0.3) is 0 Å². The van der Waals surface area contributed by atoms with E-state index < -0.39 is 10.0 Å². The number of sulfonamides is 1. The van der Waals surface area contributed by atoms with E-state index in [9.17, 15) is 13.2 Å². The SMILES string of the molecule is CCC(=O)c1ccc(OCc2ccc(S(=O)(=O)N(C)C)o2)cc1. The number of ketones is 1. The topological polar surface area (TPSA) is 76.8 Å². The average Bonchev–Trinajstić information content (AvgIpc) is 3.02. The van der Waals surface area contributed by atoms with E-state index in [4.69, 9.17) is 9.15 Å². The first-order chi connectivity index (χ1) is 10.8. The summed E-state index contributed by atoms with van der Waals surface area (Å²) in [4.78, 5) is 11.5. The molecule has 0 radical (unpaired) electrons. The Kier molecular flexibility index (Phi) is 5.23. The molecule has 0 bridgehead atoms. The van der Waals surface area contributed by atoms with Gasteiger partial charge in [-0.25, -0.2) is 12.7 Å². The van der Waals surface area contributed by atoms with Crippen molar-refractivity contribution in [1.29, 1.82) is 0 Å². The van der Waals surface area contributed by atoms with Crippen molar-refractivity contribution in [3.8, 4) is 5.75 Å². The molecular weight excluding hydrogens is 318 g/mol. The molecule has 2 rings (SSSR count). The molecular formula is C16H19NO5S. The van der Waals surface area contributed by atoms with Gasteiger partial charge in [-0.15, -0.1) is 0 Å². The van der Waals surface area contributed by atoms with E-state index in [0.717, 1.165) is 4.31 Å². The van der Waals surface area contributed by atoms with Crippen molar-refractivity contribution in [1.82, 2.24) is 4.31 Å². The van der Waals surface area contributed by atoms with E-state index in [1.807, 2.05) is 6.92 Å². The summed E-state index contributed by atoms with van der Waals surface area (Å²) < 4.78 is 35.7. The Morgan fingerprint density at radius 1 is 1.13 bits per heavy atom. The fourth-order valence-corrected chi connectivity index (χ4v) is 2.66. The van der Waals surface area contributed by atoms with Gasteiger partial charge < -0.3 is 9.15 Å². The van der Waals surface area contributed by atoms with Crippen molar-refractivity contribution in [3.63, 3.8) is 0 Å². The third-order valence-electron chi connectivity index (χ3n) is 3.25. The highest BCUT2D eigenvalue weighted by atomic mass is 32.2. The average molecular weight is 337 g/mol. The summed E-state index contributed by atoms with van der Waals surface area (Å²) in [6, 6.07) is 9.76. The van der Waals surface area contributed by atoms with Gasteiger partial charge >= 0.3 is 0 Å². The van der Waals surface area contributed by atoms with E-state index in [1.54, 1.807) is 30.3 Å². The molecule has 0 saturated heterocycles. The summed E-state index contributed by atoms with van der Waals surface area (Å²) in [5.41, 5.74) is 0.636. The minimum atomic E-state index is -3.58. The van der Waals surface area contributed by atoms with Gasteiger partial charge in [0.25, 0.3) is 10.0 Å². The second-order valence-corrected chi connectivity index (χ2v) is 7.18. The van der Waals surface area contributed by atoms with Gasteiger partial charge in [-0.05, 0) is 36.4 Å². The number of Topliss-reactive ketones (excluding diaryl/α,β-unsaturated/α-hetero) is 1. The van der Waals surface area contributed by atoms with Crippen molar-refractivity contribution < 1.29 is 22.4 Å². The molecule has 0 fully saturated rings. The Bertz CT molecular complexity index is 775. The maximum Gasteiger partial charge on any atom is 0.275 e. The zero-order valence-electron chi connectivity index (χ0n) is 13.3. The lowest BCUT2D eigenvalue weighted by Gasteiger charge is -2.08. The second-order valence-electron chi connectivity index (χ2n) is 5.10. The highest BCUT2D eigenvalue weighted by Crippen LogP contribution is 2.19. The number of ether oxygens (including phenoxy) is 1. The molecule has 7 heteroatoms. The maximum absolute atomic E-state index is 11.9. The molecule has 124 valence electrons. The lowest BCUT2D eigenvalue weighted by molar-refractivity contribution is 0.0988. The standard InChI is InChI=1S/C16H19NO5S/c1-4-15(18)12-5-7-13(8-6-12)21-11-14-9-10-16(22-14)23(19,20)17(2)3/h5-10H,4,11H2,1-3H3. The van der Waals surface area contributed by atoms with Crippen molar-refractivity contribution in [3.05, 3.63) is 47.7 Å². The Balaban J connectivity index is 2.02. The van der Waals surface area contributed by atoms with Crippen molar-refractivity contribution in [2.75, 3.05) is 14.1 Å². The van der Waals surface area contributed by atoms with Gasteiger partial charge in [0.05, 0.1) is 0 Å². The van der Waals surface area contributed by atoms with E-state index in [2.05, 4.69) is 0 Å². The van der Waals surface area contributed by atoms with Gasteiger partial charge in [-0.1, -0.05) is 6.92 Å². The maximum atomic E-state index is 11.9. The molecule has 0 aliphatic rings. The van der Waals surface area contributed by atoms with Crippen LogP contribution >= 0.6 is 0 Å². The molecule has 0 N–H and O–H groups in total. The van der Waals surface area contributed by atoms with Crippen LogP contribution in [0.2, 0.25) is 0 Å². The molecule has 0 unspecified atom stereocenters. The third kappa shape index (κ3) is 4.00. The van der Waals surface area contributed by atoms with E-state index >= 15 is 0 Å². The van der Waals surface area contributed by atoms with Crippen LogP contribution in [0.1, 0.15) is 29.5 Å². The Labute approximate surface area is 135 Å². The number of hydrogen-bond donors (Lipinski definition) is 0. The van der Waals surface area contributed by atoms with Gasteiger partial charge in [0.1, 0.15) is 18.1 Å². The van der Waals surface area contributed by atoms with Gasteiger partial charge in [-0.2, -0.15) is 0 Å². The number of carbonyl (C=O) groups excluding carboxylic acids is 1. The van der Waals surface area contributed by atoms with Crippen LogP contribution in [0.3, 0.4) is 0 Å². The molecule has 1 aromatic carbocycles. The molecule has 6 nitrogen and oxygen atoms in total. The van der Waals surface area contributed by atoms with Crippen LogP contribution in [0, 0.1) is 0 Å². The van der Waals surface area contributed by atoms with Crippen molar-refractivity contribution in [2.45, 2.75) is 25.0 Å². The van der Waals surface area contributed by atoms with Gasteiger partial charge in [0.15, 0.2) is 5.78 Å². The van der Waals surface area contributed by atoms with Crippen LogP contribution in [0.15, 0.2) is 45.9 Å². The molecule has 0 spiro atoms. The fourth-order valence-electron chi connectivity index (χ4n) is 1.85. The van der Waals surface area contributed by atoms with Crippen molar-refractivity contribution in [2.24, 2.45) is 0 Å². The zero-order valence-corrected chi connectivity index (χ0v) is 14.1. The molecule has 0 atom stereocenters. The van der Waals surface area contributed by atoms with E-state index in [0.29, 0.717) is 23.5 Å². The predicted octanol–water partition coefficient (Wildman–Crippen LogP) is 2.70. The molecule has 2 aromatic rings. The first-order valence-electron chi connectivity index (χ1n) is 7.12. The largest absolute Gasteiger partial charge is 0.486 e. The Hall–Kier alpha value is -2.12. The monoisotopic (exact) mass is 337 g/mol. The van der Waals surface area contributed by atoms with Gasteiger partial charge in [-0.3, -0.25) is 4.79 Å². The molecule has 23 heavy (non-hydrogen) atoms. The summed E-state index contributed by atoms with van der Waals surface area (Å²) in [7, 11) is -0.708. The molecule has 1 heterocycles. The summed E-state index contributed by atoms with van der Waals surface area (Å²) >= 11 is 0. The zero-order chi connectivity index (χ0) is 17.0. The van der Waals surface area contributed by atoms with Crippen LogP contribution in [0.4, 0.5) is 0 Å². The van der Waals surface area contributed by atoms with Crippen LogP contribution in [0.5, 0.6) is 5.75 Å². The van der Waals surface area contributed by atoms with Crippen molar-refractivity contribution >= 4 is 15.8 Å². The lowest BCUT2D eigenvalue weighted by atomic mass is 10.1. The summed E-state index contributed by atoms with van der Waals surface area (Å²) in [6.45, 7) is 1.91. The molecule has 0 aliphatic heterocycles. The molecule has 0 amide bonds. The second kappa shape index (κ2) is 6.97. The van der Waals surface area contributed by atoms with E-state index in [1.165, 1.54) is 20.2 Å². The number of hydrogen-bond acceptors (Lipinski definition) is 5. The summed E-state index contributed by atoms with van der Waals surface area (Å²) in [5, 5.41) is -0.120. The summed E-state index contributed by atoms with van der Waals surface area (Å²) in [5.74, 6) is 1.05. The first kappa shape index (κ1) is 17.2. The predicted molar refractivity (Wildman–Crippen MR) is 85.0 cm³/mol. The number of benzene rings is 1. The first-order valence-corrected chi connectivity index (χ1v) is 8.56. The quantitative estimate of drug-likeness (QED) is 0.726. The number of carbonyl (C=O) groups is 1. The highest BCUT2D eigenvalue weighted by Gasteiger charge is 2.21. The van der Waals surface area contributed by atoms with Gasteiger partial charge in [0.2, 0.25) is 5.09 Å². The van der Waals surface area contributed by atoms with Gasteiger partial charge in [0, 0.05) is 26.1 Å². The van der Waals surface area contributed by atoms with Crippen LogP contribution in [-0.2, 0) is 16.6 Å². The van der Waals surface area contributed by atoms with Crippen LogP contribution < -0.4 is 4.74 Å². The molecule has 0 aliphatic carbocycles. The minimum absolute atomic E-state index is 0.0705. The van der Waals surface area contributed by atoms with E-state index in [-0.39, 0.29) is 17.5 Å².